The van der Waals surface area contributed by atoms with Gasteiger partial charge >= 0.3 is 0 Å². The van der Waals surface area contributed by atoms with Crippen molar-refractivity contribution in [3.63, 3.8) is 0 Å². The maximum atomic E-state index is 13.6. The zero-order valence-corrected chi connectivity index (χ0v) is 15.8. The number of halogens is 3. The van der Waals surface area contributed by atoms with Crippen molar-refractivity contribution in [3.05, 3.63) is 64.4 Å². The van der Waals surface area contributed by atoms with E-state index in [-0.39, 0.29) is 29.8 Å². The normalized spacial score (nSPS) is 10.9. The van der Waals surface area contributed by atoms with Crippen molar-refractivity contribution in [1.82, 2.24) is 0 Å². The second-order valence-electron chi connectivity index (χ2n) is 4.60. The molecule has 22 heavy (non-hydrogen) atoms. The van der Waals surface area contributed by atoms with Gasteiger partial charge in [-0.25, -0.2) is 4.39 Å². The van der Waals surface area contributed by atoms with Gasteiger partial charge in [-0.05, 0) is 42.7 Å². The Bertz CT molecular complexity index is 620. The lowest BCUT2D eigenvalue weighted by Gasteiger charge is -2.05. The minimum absolute atomic E-state index is 0. The van der Waals surface area contributed by atoms with Crippen LogP contribution in [-0.4, -0.2) is 12.5 Å². The number of hydrogen-bond acceptors (Lipinski definition) is 1. The maximum absolute atomic E-state index is 13.6. The number of hydrogen-bond donors (Lipinski definition) is 2. The van der Waals surface area contributed by atoms with Crippen LogP contribution in [-0.2, 0) is 6.42 Å². The monoisotopic (exact) mass is 477 g/mol. The van der Waals surface area contributed by atoms with E-state index in [9.17, 15) is 4.39 Å². The summed E-state index contributed by atoms with van der Waals surface area (Å²) in [5.74, 6) is 0.182. The first-order chi connectivity index (χ1) is 10.1. The predicted molar refractivity (Wildman–Crippen MR) is 104 cm³/mol. The van der Waals surface area contributed by atoms with E-state index in [1.165, 1.54) is 6.07 Å². The van der Waals surface area contributed by atoms with E-state index < -0.39 is 0 Å². The number of benzene rings is 2. The number of guanidine groups is 1. The Morgan fingerprint density at radius 3 is 2.59 bits per heavy atom. The van der Waals surface area contributed by atoms with Gasteiger partial charge in [-0.1, -0.05) is 40.2 Å². The molecule has 2 rings (SSSR count). The summed E-state index contributed by atoms with van der Waals surface area (Å²) in [6.07, 6.45) is 1.39. The molecule has 0 atom stereocenters. The fraction of sp³-hybridized carbons (Fsp3) is 0.188. The first-order valence-electron chi connectivity index (χ1n) is 6.71. The number of aryl methyl sites for hydroxylation is 1. The van der Waals surface area contributed by atoms with E-state index in [1.807, 2.05) is 36.4 Å². The standard InChI is InChI=1S/C16H17BrFN3.HI/c17-13-9-8-12(15(18)11-13)5-4-10-20-16(19)21-14-6-2-1-3-7-14;/h1-3,6-9,11H,4-5,10H2,(H3,19,20,21);1H. The maximum Gasteiger partial charge on any atom is 0.193 e. The van der Waals surface area contributed by atoms with Crippen LogP contribution in [0.2, 0.25) is 0 Å². The van der Waals surface area contributed by atoms with E-state index >= 15 is 0 Å². The van der Waals surface area contributed by atoms with Gasteiger partial charge in [0.05, 0.1) is 0 Å². The lowest BCUT2D eigenvalue weighted by atomic mass is 10.1. The third kappa shape index (κ3) is 6.31. The average molecular weight is 478 g/mol. The smallest absolute Gasteiger partial charge is 0.193 e. The molecule has 0 aliphatic carbocycles. The molecule has 2 aromatic rings. The summed E-state index contributed by atoms with van der Waals surface area (Å²) in [6.45, 7) is 0.557. The first-order valence-corrected chi connectivity index (χ1v) is 7.50. The molecule has 0 aliphatic heterocycles. The van der Waals surface area contributed by atoms with Crippen LogP contribution in [0.25, 0.3) is 0 Å². The van der Waals surface area contributed by atoms with E-state index in [2.05, 4.69) is 26.2 Å². The predicted octanol–water partition coefficient (Wildman–Crippen LogP) is 4.57. The molecule has 0 amide bonds. The molecule has 0 radical (unpaired) electrons. The number of nitrogens with two attached hydrogens (primary N) is 1. The van der Waals surface area contributed by atoms with E-state index in [4.69, 9.17) is 5.73 Å². The van der Waals surface area contributed by atoms with Gasteiger partial charge in [0.1, 0.15) is 5.82 Å². The number of aliphatic imine (C=N–C) groups is 1. The number of nitrogens with one attached hydrogen (secondary N) is 1. The van der Waals surface area contributed by atoms with Crippen LogP contribution in [0.3, 0.4) is 0 Å². The van der Waals surface area contributed by atoms with Crippen LogP contribution in [0, 0.1) is 5.82 Å². The van der Waals surface area contributed by atoms with Crippen LogP contribution in [0.4, 0.5) is 10.1 Å². The fourth-order valence-corrected chi connectivity index (χ4v) is 2.24. The Labute approximate surface area is 155 Å². The molecule has 0 aromatic heterocycles. The molecule has 3 nitrogen and oxygen atoms in total. The summed E-state index contributed by atoms with van der Waals surface area (Å²) in [6, 6.07) is 14.7. The fourth-order valence-electron chi connectivity index (χ4n) is 1.90. The molecule has 0 saturated carbocycles. The zero-order valence-electron chi connectivity index (χ0n) is 11.9. The molecule has 0 heterocycles. The van der Waals surface area contributed by atoms with Gasteiger partial charge in [0.2, 0.25) is 0 Å². The second kappa shape index (κ2) is 9.78. The van der Waals surface area contributed by atoms with Crippen molar-refractivity contribution in [2.75, 3.05) is 11.9 Å². The summed E-state index contributed by atoms with van der Waals surface area (Å²) < 4.78 is 14.4. The quantitative estimate of drug-likeness (QED) is 0.287. The Balaban J connectivity index is 0.00000242. The van der Waals surface area contributed by atoms with Crippen LogP contribution in [0.1, 0.15) is 12.0 Å². The van der Waals surface area contributed by atoms with Crippen LogP contribution < -0.4 is 11.1 Å². The summed E-state index contributed by atoms with van der Waals surface area (Å²) in [7, 11) is 0. The SMILES string of the molecule is I.NC(=NCCCc1ccc(Br)cc1F)Nc1ccccc1. The highest BCUT2D eigenvalue weighted by Gasteiger charge is 2.02. The number of anilines is 1. The van der Waals surface area contributed by atoms with Gasteiger partial charge in [-0.2, -0.15) is 0 Å². The minimum Gasteiger partial charge on any atom is -0.370 e. The summed E-state index contributed by atoms with van der Waals surface area (Å²) >= 11 is 3.24. The Kier molecular flexibility index (Phi) is 8.40. The molecule has 118 valence electrons. The summed E-state index contributed by atoms with van der Waals surface area (Å²) in [5.41, 5.74) is 7.39. The van der Waals surface area contributed by atoms with Crippen molar-refractivity contribution < 1.29 is 4.39 Å². The van der Waals surface area contributed by atoms with E-state index in [1.54, 1.807) is 6.07 Å². The Hall–Kier alpha value is -1.15. The third-order valence-corrected chi connectivity index (χ3v) is 3.44. The van der Waals surface area contributed by atoms with Crippen LogP contribution >= 0.6 is 39.9 Å². The summed E-state index contributed by atoms with van der Waals surface area (Å²) in [4.78, 5) is 4.23. The second-order valence-corrected chi connectivity index (χ2v) is 5.51. The average Bonchev–Trinajstić information content (AvgIpc) is 2.46. The Morgan fingerprint density at radius 2 is 1.91 bits per heavy atom. The van der Waals surface area contributed by atoms with Crippen molar-refractivity contribution in [3.8, 4) is 0 Å². The molecule has 2 aromatic carbocycles. The van der Waals surface area contributed by atoms with Gasteiger partial charge < -0.3 is 11.1 Å². The van der Waals surface area contributed by atoms with Gasteiger partial charge in [0.15, 0.2) is 5.96 Å². The van der Waals surface area contributed by atoms with Gasteiger partial charge in [-0.3, -0.25) is 4.99 Å². The summed E-state index contributed by atoms with van der Waals surface area (Å²) in [5, 5.41) is 3.01. The molecule has 0 spiro atoms. The van der Waals surface area contributed by atoms with Gasteiger partial charge in [-0.15, -0.1) is 24.0 Å². The van der Waals surface area contributed by atoms with Gasteiger partial charge in [0, 0.05) is 16.7 Å². The highest BCUT2D eigenvalue weighted by Crippen LogP contribution is 2.16. The molecule has 3 N–H and O–H groups in total. The highest BCUT2D eigenvalue weighted by atomic mass is 127. The third-order valence-electron chi connectivity index (χ3n) is 2.95. The molecule has 0 unspecified atom stereocenters. The number of rotatable bonds is 5. The van der Waals surface area contributed by atoms with Crippen molar-refractivity contribution in [2.24, 2.45) is 10.7 Å². The number of nitrogens with zero attached hydrogens (tertiary/aromatic N) is 1. The minimum atomic E-state index is -0.191. The largest absolute Gasteiger partial charge is 0.370 e. The lowest BCUT2D eigenvalue weighted by molar-refractivity contribution is 0.604. The topological polar surface area (TPSA) is 50.4 Å². The molecular weight excluding hydrogens is 460 g/mol. The van der Waals surface area contributed by atoms with Crippen LogP contribution in [0.15, 0.2) is 58.0 Å². The van der Waals surface area contributed by atoms with E-state index in [0.717, 1.165) is 16.6 Å². The van der Waals surface area contributed by atoms with E-state index in [0.29, 0.717) is 24.5 Å². The molecule has 0 saturated heterocycles. The molecule has 0 bridgehead atoms. The molecule has 0 fully saturated rings. The Morgan fingerprint density at radius 1 is 1.18 bits per heavy atom. The lowest BCUT2D eigenvalue weighted by Crippen LogP contribution is -2.22. The molecular formula is C16H18BrFIN3. The van der Waals surface area contributed by atoms with Gasteiger partial charge in [0.25, 0.3) is 0 Å². The highest BCUT2D eigenvalue weighted by molar-refractivity contribution is 14.0. The van der Waals surface area contributed by atoms with Crippen molar-refractivity contribution in [2.45, 2.75) is 12.8 Å². The zero-order chi connectivity index (χ0) is 15.1. The van der Waals surface area contributed by atoms with Crippen LogP contribution in [0.5, 0.6) is 0 Å². The molecule has 0 aliphatic rings. The van der Waals surface area contributed by atoms with Crippen molar-refractivity contribution >= 4 is 51.6 Å². The molecule has 6 heteroatoms. The van der Waals surface area contributed by atoms with Crippen molar-refractivity contribution in [1.29, 1.82) is 0 Å². The first kappa shape index (κ1) is 18.9. The number of para-hydroxylation sites is 1.